The first kappa shape index (κ1) is 11.8. The van der Waals surface area contributed by atoms with Crippen LogP contribution in [0.5, 0.6) is 11.5 Å². The summed E-state index contributed by atoms with van der Waals surface area (Å²) in [7, 11) is 1.72. The van der Waals surface area contributed by atoms with Gasteiger partial charge in [-0.15, -0.1) is 0 Å². The molecule has 0 spiro atoms. The molecule has 0 amide bonds. The molecule has 3 heteroatoms. The van der Waals surface area contributed by atoms with Crippen LogP contribution in [-0.2, 0) is 0 Å². The average Bonchev–Trinajstić information content (AvgIpc) is 2.81. The summed E-state index contributed by atoms with van der Waals surface area (Å²) in [4.78, 5) is 2.56. The number of benzene rings is 1. The van der Waals surface area contributed by atoms with Crippen molar-refractivity contribution in [2.24, 2.45) is 5.92 Å². The lowest BCUT2D eigenvalue weighted by atomic mass is 9.87. The largest absolute Gasteiger partial charge is 0.497 e. The summed E-state index contributed by atoms with van der Waals surface area (Å²) in [6, 6.07) is 6.19. The van der Waals surface area contributed by atoms with Crippen molar-refractivity contribution in [3.8, 4) is 11.5 Å². The highest BCUT2D eigenvalue weighted by molar-refractivity contribution is 5.44. The molecule has 1 aromatic rings. The molecule has 98 valence electrons. The summed E-state index contributed by atoms with van der Waals surface area (Å²) in [5.74, 6) is 3.26. The van der Waals surface area contributed by atoms with Crippen molar-refractivity contribution >= 4 is 0 Å². The van der Waals surface area contributed by atoms with Crippen LogP contribution >= 0.6 is 0 Å². The molecule has 0 radical (unpaired) electrons. The normalized spacial score (nSPS) is 26.3. The minimum Gasteiger partial charge on any atom is -0.497 e. The van der Waals surface area contributed by atoms with Crippen molar-refractivity contribution in [2.45, 2.75) is 19.3 Å². The lowest BCUT2D eigenvalue weighted by molar-refractivity contribution is 0.212. The van der Waals surface area contributed by atoms with Crippen LogP contribution in [0, 0.1) is 5.92 Å². The predicted molar refractivity (Wildman–Crippen MR) is 71.5 cm³/mol. The molecular weight excluding hydrogens is 226 g/mol. The Morgan fingerprint density at radius 2 is 2.28 bits per heavy atom. The lowest BCUT2D eigenvalue weighted by Crippen LogP contribution is -2.25. The van der Waals surface area contributed by atoms with Crippen LogP contribution in [-0.4, -0.2) is 38.3 Å². The fourth-order valence-electron chi connectivity index (χ4n) is 3.25. The van der Waals surface area contributed by atoms with Gasteiger partial charge in [0.1, 0.15) is 11.5 Å². The van der Waals surface area contributed by atoms with Crippen LogP contribution in [0.4, 0.5) is 0 Å². The van der Waals surface area contributed by atoms with Crippen LogP contribution in [0.25, 0.3) is 0 Å². The Morgan fingerprint density at radius 3 is 3.06 bits per heavy atom. The molecule has 3 nitrogen and oxygen atoms in total. The van der Waals surface area contributed by atoms with Crippen molar-refractivity contribution in [3.05, 3.63) is 23.8 Å². The highest BCUT2D eigenvalue weighted by Gasteiger charge is 2.38. The zero-order valence-electron chi connectivity index (χ0n) is 11.2. The molecule has 0 aromatic heterocycles. The molecule has 2 atom stereocenters. The van der Waals surface area contributed by atoms with Crippen molar-refractivity contribution in [1.82, 2.24) is 4.90 Å². The fraction of sp³-hybridized carbons (Fsp3) is 0.600. The van der Waals surface area contributed by atoms with E-state index in [2.05, 4.69) is 17.9 Å². The van der Waals surface area contributed by atoms with Crippen LogP contribution in [0.1, 0.15) is 24.8 Å². The van der Waals surface area contributed by atoms with Crippen LogP contribution < -0.4 is 9.47 Å². The van der Waals surface area contributed by atoms with Crippen molar-refractivity contribution in [1.29, 1.82) is 0 Å². The second-order valence-corrected chi connectivity index (χ2v) is 5.34. The first-order valence-electron chi connectivity index (χ1n) is 6.85. The van der Waals surface area contributed by atoms with E-state index in [0.717, 1.165) is 18.1 Å². The summed E-state index contributed by atoms with van der Waals surface area (Å²) in [5.41, 5.74) is 1.34. The van der Waals surface area contributed by atoms with E-state index in [1.165, 1.54) is 31.6 Å². The Labute approximate surface area is 109 Å². The van der Waals surface area contributed by atoms with Crippen molar-refractivity contribution in [2.75, 3.05) is 33.4 Å². The number of methoxy groups -OCH3 is 1. The van der Waals surface area contributed by atoms with Gasteiger partial charge in [-0.3, -0.25) is 0 Å². The molecule has 0 saturated carbocycles. The van der Waals surface area contributed by atoms with Crippen LogP contribution in [0.2, 0.25) is 0 Å². The van der Waals surface area contributed by atoms with E-state index in [1.54, 1.807) is 7.11 Å². The fourth-order valence-corrected chi connectivity index (χ4v) is 3.25. The Kier molecular flexibility index (Phi) is 3.16. The maximum atomic E-state index is 5.88. The molecule has 2 aliphatic rings. The Morgan fingerprint density at radius 1 is 1.39 bits per heavy atom. The summed E-state index contributed by atoms with van der Waals surface area (Å²) < 4.78 is 11.2. The van der Waals surface area contributed by atoms with Crippen LogP contribution in [0.15, 0.2) is 18.2 Å². The number of fused-ring (bicyclic) bond motifs is 3. The number of rotatable bonds is 3. The third-order valence-corrected chi connectivity index (χ3v) is 4.13. The van der Waals surface area contributed by atoms with E-state index in [4.69, 9.17) is 9.47 Å². The van der Waals surface area contributed by atoms with Gasteiger partial charge in [0.2, 0.25) is 0 Å². The standard InChI is InChI=1S/C15H21NO2/c1-3-6-16-8-11-10-18-15-5-4-12(17-2)7-13(15)14(11)9-16/h4-5,7,11,14H,3,6,8-10H2,1-2H3/t11-,14+/m1/s1. The van der Waals surface area contributed by atoms with Gasteiger partial charge in [-0.1, -0.05) is 6.92 Å². The topological polar surface area (TPSA) is 21.7 Å². The predicted octanol–water partition coefficient (Wildman–Crippen LogP) is 2.51. The molecule has 0 aliphatic carbocycles. The van der Waals surface area contributed by atoms with E-state index in [0.29, 0.717) is 11.8 Å². The number of ether oxygens (including phenoxy) is 2. The molecule has 0 unspecified atom stereocenters. The minimum absolute atomic E-state index is 0.621. The van der Waals surface area contributed by atoms with E-state index >= 15 is 0 Å². The SMILES string of the molecule is CCCN1C[C@@H]2COc3ccc(OC)cc3[C@H]2C1. The molecule has 3 rings (SSSR count). The van der Waals surface area contributed by atoms with Gasteiger partial charge in [-0.25, -0.2) is 0 Å². The third-order valence-electron chi connectivity index (χ3n) is 4.13. The zero-order valence-corrected chi connectivity index (χ0v) is 11.2. The zero-order chi connectivity index (χ0) is 12.5. The average molecular weight is 247 g/mol. The van der Waals surface area contributed by atoms with Gasteiger partial charge in [-0.2, -0.15) is 0 Å². The number of likely N-dealkylation sites (tertiary alicyclic amines) is 1. The highest BCUT2D eigenvalue weighted by Crippen LogP contribution is 2.42. The van der Waals surface area contributed by atoms with Gasteiger partial charge in [0, 0.05) is 30.5 Å². The Bertz CT molecular complexity index is 433. The maximum absolute atomic E-state index is 5.88. The second kappa shape index (κ2) is 4.81. The summed E-state index contributed by atoms with van der Waals surface area (Å²) in [5, 5.41) is 0. The molecule has 1 fully saturated rings. The van der Waals surface area contributed by atoms with Gasteiger partial charge >= 0.3 is 0 Å². The summed E-state index contributed by atoms with van der Waals surface area (Å²) in [6.45, 7) is 6.66. The molecule has 1 saturated heterocycles. The van der Waals surface area contributed by atoms with E-state index < -0.39 is 0 Å². The molecule has 0 bridgehead atoms. The van der Waals surface area contributed by atoms with E-state index in [-0.39, 0.29) is 0 Å². The summed E-state index contributed by atoms with van der Waals surface area (Å²) in [6.07, 6.45) is 1.23. The van der Waals surface area contributed by atoms with Crippen molar-refractivity contribution in [3.63, 3.8) is 0 Å². The van der Waals surface area contributed by atoms with Crippen molar-refractivity contribution < 1.29 is 9.47 Å². The maximum Gasteiger partial charge on any atom is 0.123 e. The number of hydrogen-bond donors (Lipinski definition) is 0. The molecule has 1 aromatic carbocycles. The van der Waals surface area contributed by atoms with Crippen LogP contribution in [0.3, 0.4) is 0 Å². The minimum atomic E-state index is 0.621. The van der Waals surface area contributed by atoms with Gasteiger partial charge in [-0.05, 0) is 31.2 Å². The number of hydrogen-bond acceptors (Lipinski definition) is 3. The molecule has 2 aliphatic heterocycles. The third kappa shape index (κ3) is 1.97. The molecular formula is C15H21NO2. The summed E-state index contributed by atoms with van der Waals surface area (Å²) >= 11 is 0. The molecule has 18 heavy (non-hydrogen) atoms. The van der Waals surface area contributed by atoms with Gasteiger partial charge in [0.15, 0.2) is 0 Å². The quantitative estimate of drug-likeness (QED) is 0.819. The lowest BCUT2D eigenvalue weighted by Gasteiger charge is -2.28. The highest BCUT2D eigenvalue weighted by atomic mass is 16.5. The van der Waals surface area contributed by atoms with Gasteiger partial charge in [0.25, 0.3) is 0 Å². The molecule has 0 N–H and O–H groups in total. The van der Waals surface area contributed by atoms with E-state index in [9.17, 15) is 0 Å². The smallest absolute Gasteiger partial charge is 0.123 e. The Balaban J connectivity index is 1.87. The van der Waals surface area contributed by atoms with Gasteiger partial charge in [0.05, 0.1) is 13.7 Å². The number of nitrogens with zero attached hydrogens (tertiary/aromatic N) is 1. The van der Waals surface area contributed by atoms with E-state index in [1.807, 2.05) is 12.1 Å². The Hall–Kier alpha value is -1.22. The first-order valence-corrected chi connectivity index (χ1v) is 6.85. The monoisotopic (exact) mass is 247 g/mol. The van der Waals surface area contributed by atoms with Gasteiger partial charge < -0.3 is 14.4 Å². The molecule has 2 heterocycles. The first-order chi connectivity index (χ1) is 8.81. The second-order valence-electron chi connectivity index (χ2n) is 5.34.